The monoisotopic (exact) mass is 493 g/mol. The minimum Gasteiger partial charge on any atom is -0.493 e. The fourth-order valence-electron chi connectivity index (χ4n) is 4.03. The first-order chi connectivity index (χ1) is 16.6. The summed E-state index contributed by atoms with van der Waals surface area (Å²) in [6, 6.07) is 6.59. The molecule has 4 rings (SSSR count). The van der Waals surface area contributed by atoms with Crippen molar-refractivity contribution in [3.63, 3.8) is 0 Å². The number of halogens is 4. The van der Waals surface area contributed by atoms with E-state index in [1.807, 2.05) is 0 Å². The van der Waals surface area contributed by atoms with Crippen LogP contribution in [0, 0.1) is 12.7 Å². The number of nitrogens with one attached hydrogen (secondary N) is 1. The van der Waals surface area contributed by atoms with E-state index in [0.29, 0.717) is 53.3 Å². The van der Waals surface area contributed by atoms with E-state index < -0.39 is 17.6 Å². The second-order valence-corrected chi connectivity index (χ2v) is 8.77. The van der Waals surface area contributed by atoms with Gasteiger partial charge in [0.15, 0.2) is 11.5 Å². The molecule has 1 saturated carbocycles. The summed E-state index contributed by atoms with van der Waals surface area (Å²) in [5.41, 5.74) is -0.973. The molecule has 0 unspecified atom stereocenters. The molecule has 6 nitrogen and oxygen atoms in total. The number of hydrogen-bond donors (Lipinski definition) is 1. The first kappa shape index (κ1) is 25.0. The molecule has 0 radical (unpaired) electrons. The molecule has 1 aromatic heterocycles. The van der Waals surface area contributed by atoms with Crippen LogP contribution in [-0.2, 0) is 17.5 Å². The quantitative estimate of drug-likeness (QED) is 0.289. The number of anilines is 1. The molecule has 10 heteroatoms. The van der Waals surface area contributed by atoms with Crippen LogP contribution in [0.5, 0.6) is 11.5 Å². The van der Waals surface area contributed by atoms with E-state index in [2.05, 4.69) is 22.2 Å². The number of rotatable bonds is 9. The number of nitrogens with zero attached hydrogens (tertiary/aromatic N) is 2. The summed E-state index contributed by atoms with van der Waals surface area (Å²) in [6.45, 7) is 4.29. The highest BCUT2D eigenvalue weighted by Gasteiger charge is 2.35. The zero-order valence-electron chi connectivity index (χ0n) is 19.8. The van der Waals surface area contributed by atoms with Crippen LogP contribution in [0.3, 0.4) is 0 Å². The Balaban J connectivity index is 1.56. The average molecular weight is 494 g/mol. The van der Waals surface area contributed by atoms with Crippen LogP contribution in [0.15, 0.2) is 30.3 Å². The molecule has 0 atom stereocenters. The van der Waals surface area contributed by atoms with Crippen LogP contribution >= 0.6 is 0 Å². The summed E-state index contributed by atoms with van der Waals surface area (Å²) >= 11 is 0. The molecule has 1 aliphatic rings. The van der Waals surface area contributed by atoms with Crippen molar-refractivity contribution < 1.29 is 31.8 Å². The average Bonchev–Trinajstić information content (AvgIpc) is 2.78. The van der Waals surface area contributed by atoms with Crippen molar-refractivity contribution in [2.24, 2.45) is 0 Å². The highest BCUT2D eigenvalue weighted by atomic mass is 19.4. The van der Waals surface area contributed by atoms with Crippen molar-refractivity contribution in [1.29, 1.82) is 0 Å². The Morgan fingerprint density at radius 3 is 2.51 bits per heavy atom. The van der Waals surface area contributed by atoms with Crippen molar-refractivity contribution in [2.75, 3.05) is 25.6 Å². The molecule has 1 heterocycles. The lowest BCUT2D eigenvalue weighted by Gasteiger charge is -2.38. The fraction of sp³-hybridized carbons (Fsp3) is 0.440. The van der Waals surface area contributed by atoms with E-state index in [1.54, 1.807) is 19.1 Å². The third-order valence-electron chi connectivity index (χ3n) is 6.13. The zero-order valence-corrected chi connectivity index (χ0v) is 19.8. The van der Waals surface area contributed by atoms with E-state index in [4.69, 9.17) is 14.2 Å². The largest absolute Gasteiger partial charge is 0.493 e. The Hall–Kier alpha value is -3.14. The molecule has 0 bridgehead atoms. The van der Waals surface area contributed by atoms with Gasteiger partial charge in [-0.05, 0) is 45.2 Å². The van der Waals surface area contributed by atoms with Gasteiger partial charge in [0.2, 0.25) is 0 Å². The molecular formula is C25H27F4N3O3. The number of fused-ring (bicyclic) bond motifs is 1. The second-order valence-electron chi connectivity index (χ2n) is 8.77. The van der Waals surface area contributed by atoms with Crippen molar-refractivity contribution in [2.45, 2.75) is 51.4 Å². The van der Waals surface area contributed by atoms with Gasteiger partial charge in [-0.3, -0.25) is 0 Å². The molecular weight excluding hydrogens is 466 g/mol. The molecule has 35 heavy (non-hydrogen) atoms. The first-order valence-electron chi connectivity index (χ1n) is 11.3. The highest BCUT2D eigenvalue weighted by molar-refractivity contribution is 5.91. The lowest BCUT2D eigenvalue weighted by atomic mass is 9.82. The van der Waals surface area contributed by atoms with E-state index in [0.717, 1.165) is 19.3 Å². The maximum absolute atomic E-state index is 14.5. The number of hydrogen-bond acceptors (Lipinski definition) is 6. The molecule has 0 amide bonds. The molecule has 0 saturated heterocycles. The van der Waals surface area contributed by atoms with Gasteiger partial charge in [0.25, 0.3) is 0 Å². The van der Waals surface area contributed by atoms with Gasteiger partial charge in [-0.1, -0.05) is 12.1 Å². The Morgan fingerprint density at radius 2 is 1.86 bits per heavy atom. The van der Waals surface area contributed by atoms with Crippen molar-refractivity contribution in [3.8, 4) is 11.5 Å². The number of benzene rings is 2. The molecule has 1 N–H and O–H groups in total. The van der Waals surface area contributed by atoms with Crippen molar-refractivity contribution in [3.05, 3.63) is 53.1 Å². The van der Waals surface area contributed by atoms with Gasteiger partial charge in [0.05, 0.1) is 30.4 Å². The molecule has 1 fully saturated rings. The number of aryl methyl sites for hydroxylation is 1. The maximum atomic E-state index is 14.5. The number of aromatic nitrogens is 2. The van der Waals surface area contributed by atoms with Gasteiger partial charge in [0, 0.05) is 23.6 Å². The van der Waals surface area contributed by atoms with Crippen LogP contribution in [0.25, 0.3) is 10.9 Å². The Labute approximate surface area is 200 Å². The lowest BCUT2D eigenvalue weighted by Crippen LogP contribution is -2.37. The lowest BCUT2D eigenvalue weighted by molar-refractivity contribution is -0.140. The van der Waals surface area contributed by atoms with E-state index in [1.165, 1.54) is 19.2 Å². The predicted octanol–water partition coefficient (Wildman–Crippen LogP) is 6.05. The molecule has 0 aliphatic heterocycles. The zero-order chi connectivity index (χ0) is 25.2. The van der Waals surface area contributed by atoms with E-state index >= 15 is 0 Å². The molecule has 3 aromatic rings. The topological polar surface area (TPSA) is 65.5 Å². The molecule has 188 valence electrons. The third-order valence-corrected chi connectivity index (χ3v) is 6.13. The Bertz CT molecular complexity index is 1210. The summed E-state index contributed by atoms with van der Waals surface area (Å²) in [7, 11) is 1.52. The minimum absolute atomic E-state index is 0.0853. The van der Waals surface area contributed by atoms with Crippen molar-refractivity contribution in [1.82, 2.24) is 9.97 Å². The van der Waals surface area contributed by atoms with E-state index in [-0.39, 0.29) is 17.7 Å². The van der Waals surface area contributed by atoms with Crippen LogP contribution in [0.2, 0.25) is 0 Å². The van der Waals surface area contributed by atoms with E-state index in [9.17, 15) is 17.6 Å². The van der Waals surface area contributed by atoms with Gasteiger partial charge < -0.3 is 19.5 Å². The second kappa shape index (κ2) is 9.85. The predicted molar refractivity (Wildman–Crippen MR) is 123 cm³/mol. The number of ether oxygens (including phenoxy) is 3. The van der Waals surface area contributed by atoms with Gasteiger partial charge >= 0.3 is 6.18 Å². The number of methoxy groups -OCH3 is 1. The summed E-state index contributed by atoms with van der Waals surface area (Å²) in [5, 5.41) is 3.51. The Kier molecular flexibility index (Phi) is 7.02. The summed E-state index contributed by atoms with van der Waals surface area (Å²) < 4.78 is 70.9. The normalized spacial score (nSPS) is 15.1. The maximum Gasteiger partial charge on any atom is 0.419 e. The first-order valence-corrected chi connectivity index (χ1v) is 11.3. The standard InChI is InChI=1S/C25H27F4N3O3/c1-15-31-19-13-20(33-3)21(34-10-11-35-24(2)8-5-9-24)12-17(19)23(32-15)30-14-16-6-4-7-18(22(16)26)25(27,28)29/h4,6-7,12-13H,5,8-11,14H2,1-3H3,(H,30,31,32). The van der Waals surface area contributed by atoms with Crippen molar-refractivity contribution >= 4 is 16.7 Å². The SMILES string of the molecule is COc1cc2nc(C)nc(NCc3cccc(C(F)(F)F)c3F)c2cc1OCCOC1(C)CCC1. The summed E-state index contributed by atoms with van der Waals surface area (Å²) in [6.07, 6.45) is -1.55. The molecule has 0 spiro atoms. The van der Waals surface area contributed by atoms with Gasteiger partial charge in [-0.15, -0.1) is 0 Å². The highest BCUT2D eigenvalue weighted by Crippen LogP contribution is 2.37. The molecule has 2 aromatic carbocycles. The van der Waals surface area contributed by atoms with Crippen LogP contribution < -0.4 is 14.8 Å². The van der Waals surface area contributed by atoms with Gasteiger partial charge in [-0.25, -0.2) is 14.4 Å². The summed E-state index contributed by atoms with van der Waals surface area (Å²) in [4.78, 5) is 8.79. The van der Waals surface area contributed by atoms with Crippen LogP contribution in [0.1, 0.15) is 43.1 Å². The smallest absolute Gasteiger partial charge is 0.419 e. The third kappa shape index (κ3) is 5.58. The van der Waals surface area contributed by atoms with Crippen LogP contribution in [0.4, 0.5) is 23.4 Å². The number of alkyl halides is 3. The van der Waals surface area contributed by atoms with Gasteiger partial charge in [0.1, 0.15) is 24.1 Å². The van der Waals surface area contributed by atoms with Gasteiger partial charge in [-0.2, -0.15) is 13.2 Å². The van der Waals surface area contributed by atoms with Crippen LogP contribution in [-0.4, -0.2) is 35.9 Å². The minimum atomic E-state index is -4.78. The molecule has 1 aliphatic carbocycles. The summed E-state index contributed by atoms with van der Waals surface area (Å²) in [5.74, 6) is 0.384. The fourth-order valence-corrected chi connectivity index (χ4v) is 4.03. The Morgan fingerprint density at radius 1 is 1.09 bits per heavy atom.